The van der Waals surface area contributed by atoms with E-state index in [1.54, 1.807) is 18.5 Å². The summed E-state index contributed by atoms with van der Waals surface area (Å²) in [5.74, 6) is 0.0580. The molecule has 110 valence electrons. The number of nitrogens with one attached hydrogen (secondary N) is 2. The number of amides is 1. The summed E-state index contributed by atoms with van der Waals surface area (Å²) in [6.45, 7) is 1.49. The van der Waals surface area contributed by atoms with E-state index >= 15 is 0 Å². The lowest BCUT2D eigenvalue weighted by Gasteiger charge is -2.45. The maximum absolute atomic E-state index is 12.2. The highest BCUT2D eigenvalue weighted by molar-refractivity contribution is 7.88. The molecule has 2 N–H and O–H groups in total. The van der Waals surface area contributed by atoms with Gasteiger partial charge in [-0.05, 0) is 30.7 Å². The predicted octanol–water partition coefficient (Wildman–Crippen LogP) is 0.559. The Morgan fingerprint density at radius 2 is 2.25 bits per heavy atom. The van der Waals surface area contributed by atoms with Crippen molar-refractivity contribution in [1.29, 1.82) is 0 Å². The smallest absolute Gasteiger partial charge is 0.255 e. The molecular formula is C13H19N3O3S. The van der Waals surface area contributed by atoms with Crippen LogP contribution in [0.15, 0.2) is 18.5 Å². The number of aromatic amines is 1. The van der Waals surface area contributed by atoms with Gasteiger partial charge in [-0.15, -0.1) is 0 Å². The molecule has 1 amide bonds. The number of aromatic nitrogens is 1. The van der Waals surface area contributed by atoms with Crippen molar-refractivity contribution >= 4 is 15.9 Å². The van der Waals surface area contributed by atoms with Crippen LogP contribution >= 0.6 is 0 Å². The number of hydrogen-bond donors (Lipinski definition) is 2. The van der Waals surface area contributed by atoms with Gasteiger partial charge in [0, 0.05) is 31.5 Å². The van der Waals surface area contributed by atoms with Crippen molar-refractivity contribution in [3.05, 3.63) is 24.0 Å². The van der Waals surface area contributed by atoms with Gasteiger partial charge >= 0.3 is 0 Å². The van der Waals surface area contributed by atoms with Crippen molar-refractivity contribution in [2.45, 2.75) is 25.3 Å². The first-order valence-electron chi connectivity index (χ1n) is 6.76. The Hall–Kier alpha value is -1.34. The van der Waals surface area contributed by atoms with Crippen molar-refractivity contribution in [2.24, 2.45) is 5.41 Å². The van der Waals surface area contributed by atoms with Crippen LogP contribution in [-0.2, 0) is 10.0 Å². The maximum Gasteiger partial charge on any atom is 0.255 e. The molecule has 1 aliphatic heterocycles. The summed E-state index contributed by atoms with van der Waals surface area (Å²) in [7, 11) is -3.13. The fraction of sp³-hybridized carbons (Fsp3) is 0.615. The second-order valence-corrected chi connectivity index (χ2v) is 7.85. The van der Waals surface area contributed by atoms with E-state index in [-0.39, 0.29) is 17.4 Å². The van der Waals surface area contributed by atoms with Crippen LogP contribution in [-0.4, -0.2) is 49.6 Å². The van der Waals surface area contributed by atoms with Gasteiger partial charge in [-0.2, -0.15) is 0 Å². The van der Waals surface area contributed by atoms with Gasteiger partial charge < -0.3 is 9.88 Å². The lowest BCUT2D eigenvalue weighted by molar-refractivity contribution is 0.0688. The minimum absolute atomic E-state index is 0.0345. The van der Waals surface area contributed by atoms with Gasteiger partial charge in [-0.25, -0.2) is 13.1 Å². The van der Waals surface area contributed by atoms with E-state index in [1.807, 2.05) is 4.90 Å². The Balaban J connectivity index is 1.58. The van der Waals surface area contributed by atoms with Gasteiger partial charge in [0.15, 0.2) is 0 Å². The number of carbonyl (C=O) groups is 1. The Bertz CT molecular complexity index is 603. The number of H-pyrrole nitrogens is 1. The monoisotopic (exact) mass is 297 g/mol. The molecule has 3 rings (SSSR count). The lowest BCUT2D eigenvalue weighted by Crippen LogP contribution is -2.51. The minimum Gasteiger partial charge on any atom is -0.367 e. The van der Waals surface area contributed by atoms with Crippen LogP contribution in [0.4, 0.5) is 0 Å². The molecular weight excluding hydrogens is 278 g/mol. The number of hydrogen-bond acceptors (Lipinski definition) is 3. The van der Waals surface area contributed by atoms with E-state index in [0.29, 0.717) is 5.56 Å². The van der Waals surface area contributed by atoms with Crippen LogP contribution in [0.2, 0.25) is 0 Å². The second-order valence-electron chi connectivity index (χ2n) is 6.07. The number of carbonyl (C=O) groups excluding carboxylic acids is 1. The van der Waals surface area contributed by atoms with Gasteiger partial charge in [-0.1, -0.05) is 0 Å². The van der Waals surface area contributed by atoms with E-state index in [2.05, 4.69) is 9.71 Å². The molecule has 1 aliphatic carbocycles. The zero-order valence-electron chi connectivity index (χ0n) is 11.4. The zero-order valence-corrected chi connectivity index (χ0v) is 12.2. The van der Waals surface area contributed by atoms with Gasteiger partial charge in [-0.3, -0.25) is 4.79 Å². The molecule has 0 atom stereocenters. The molecule has 2 heterocycles. The van der Waals surface area contributed by atoms with Crippen molar-refractivity contribution < 1.29 is 13.2 Å². The molecule has 1 aromatic rings. The van der Waals surface area contributed by atoms with Crippen LogP contribution in [0.25, 0.3) is 0 Å². The quantitative estimate of drug-likeness (QED) is 0.855. The lowest BCUT2D eigenvalue weighted by atomic mass is 9.65. The number of likely N-dealkylation sites (tertiary alicyclic amines) is 1. The third-order valence-corrected chi connectivity index (χ3v) is 5.07. The number of rotatable bonds is 3. The van der Waals surface area contributed by atoms with Gasteiger partial charge in [0.1, 0.15) is 0 Å². The summed E-state index contributed by atoms with van der Waals surface area (Å²) < 4.78 is 25.0. The Morgan fingerprint density at radius 1 is 1.50 bits per heavy atom. The first kappa shape index (κ1) is 13.6. The molecule has 1 saturated carbocycles. The molecule has 0 radical (unpaired) electrons. The van der Waals surface area contributed by atoms with Crippen molar-refractivity contribution in [2.75, 3.05) is 19.3 Å². The molecule has 6 nitrogen and oxygen atoms in total. The standard InChI is InChI=1S/C13H19N3O3S/c1-20(18,19)15-11-6-13(7-11)3-5-16(9-13)12(17)10-2-4-14-8-10/h2,4,8,11,14-15H,3,5-7,9H2,1H3. The average Bonchev–Trinajstić information content (AvgIpc) is 2.93. The first-order valence-corrected chi connectivity index (χ1v) is 8.65. The summed E-state index contributed by atoms with van der Waals surface area (Å²) in [6, 6.07) is 1.81. The molecule has 2 fully saturated rings. The minimum atomic E-state index is -3.13. The Kier molecular flexibility index (Phi) is 3.13. The van der Waals surface area contributed by atoms with Crippen LogP contribution in [0.1, 0.15) is 29.6 Å². The summed E-state index contributed by atoms with van der Waals surface area (Å²) in [6.07, 6.45) is 7.27. The van der Waals surface area contributed by atoms with Crippen LogP contribution in [0, 0.1) is 5.41 Å². The molecule has 1 aromatic heterocycles. The molecule has 0 aromatic carbocycles. The number of nitrogens with zero attached hydrogens (tertiary/aromatic N) is 1. The topological polar surface area (TPSA) is 82.3 Å². The maximum atomic E-state index is 12.2. The fourth-order valence-electron chi connectivity index (χ4n) is 3.45. The van der Waals surface area contributed by atoms with Gasteiger partial charge in [0.2, 0.25) is 10.0 Å². The molecule has 0 bridgehead atoms. The van der Waals surface area contributed by atoms with Gasteiger partial charge in [0.25, 0.3) is 5.91 Å². The highest BCUT2D eigenvalue weighted by Gasteiger charge is 2.50. The normalized spacial score (nSPS) is 29.6. The van der Waals surface area contributed by atoms with Crippen LogP contribution in [0.5, 0.6) is 0 Å². The first-order chi connectivity index (χ1) is 9.37. The van der Waals surface area contributed by atoms with Gasteiger partial charge in [0.05, 0.1) is 11.8 Å². The van der Waals surface area contributed by atoms with Crippen molar-refractivity contribution in [3.63, 3.8) is 0 Å². The van der Waals surface area contributed by atoms with E-state index in [0.717, 1.165) is 32.4 Å². The molecule has 1 spiro atoms. The largest absolute Gasteiger partial charge is 0.367 e. The van der Waals surface area contributed by atoms with Crippen LogP contribution < -0.4 is 4.72 Å². The Labute approximate surface area is 118 Å². The summed E-state index contributed by atoms with van der Waals surface area (Å²) in [4.78, 5) is 17.0. The van der Waals surface area contributed by atoms with E-state index in [4.69, 9.17) is 0 Å². The second kappa shape index (κ2) is 4.60. The molecule has 7 heteroatoms. The number of sulfonamides is 1. The molecule has 20 heavy (non-hydrogen) atoms. The van der Waals surface area contributed by atoms with Crippen LogP contribution in [0.3, 0.4) is 0 Å². The van der Waals surface area contributed by atoms with E-state index in [1.165, 1.54) is 6.26 Å². The SMILES string of the molecule is CS(=O)(=O)NC1CC2(CCN(C(=O)c3cc[nH]c3)C2)C1. The molecule has 0 unspecified atom stereocenters. The summed E-state index contributed by atoms with van der Waals surface area (Å²) in [5, 5.41) is 0. The predicted molar refractivity (Wildman–Crippen MR) is 74.7 cm³/mol. The van der Waals surface area contributed by atoms with Crippen molar-refractivity contribution in [1.82, 2.24) is 14.6 Å². The summed E-state index contributed by atoms with van der Waals surface area (Å²) >= 11 is 0. The third-order valence-electron chi connectivity index (χ3n) is 4.31. The van der Waals surface area contributed by atoms with E-state index in [9.17, 15) is 13.2 Å². The molecule has 2 aliphatic rings. The zero-order chi connectivity index (χ0) is 14.4. The molecule has 1 saturated heterocycles. The van der Waals surface area contributed by atoms with Crippen molar-refractivity contribution in [3.8, 4) is 0 Å². The highest BCUT2D eigenvalue weighted by atomic mass is 32.2. The Morgan fingerprint density at radius 3 is 2.85 bits per heavy atom. The summed E-state index contributed by atoms with van der Waals surface area (Å²) in [5.41, 5.74) is 0.807. The van der Waals surface area contributed by atoms with E-state index < -0.39 is 10.0 Å². The third kappa shape index (κ3) is 2.60. The fourth-order valence-corrected chi connectivity index (χ4v) is 4.23. The highest BCUT2D eigenvalue weighted by Crippen LogP contribution is 2.48. The average molecular weight is 297 g/mol.